The van der Waals surface area contributed by atoms with Crippen molar-refractivity contribution in [2.45, 2.75) is 26.8 Å². The van der Waals surface area contributed by atoms with Crippen molar-refractivity contribution >= 4 is 5.96 Å². The Hall–Kier alpha value is -2.09. The Bertz CT molecular complexity index is 477. The largest absolute Gasteiger partial charge is 0.357 e. The summed E-state index contributed by atoms with van der Waals surface area (Å²) in [5.41, 5.74) is 0.867. The Morgan fingerprint density at radius 1 is 1.37 bits per heavy atom. The maximum atomic E-state index is 13.6. The van der Waals surface area contributed by atoms with Gasteiger partial charge in [0.25, 0.3) is 0 Å². The van der Waals surface area contributed by atoms with Crippen molar-refractivity contribution in [2.24, 2.45) is 4.99 Å². The van der Waals surface area contributed by atoms with Crippen molar-refractivity contribution in [3.05, 3.63) is 35.1 Å². The second kappa shape index (κ2) is 8.09. The maximum Gasteiger partial charge on any atom is 0.191 e. The third-order valence-electron chi connectivity index (χ3n) is 2.47. The summed E-state index contributed by atoms with van der Waals surface area (Å²) in [5, 5.41) is 15.0. The summed E-state index contributed by atoms with van der Waals surface area (Å²) >= 11 is 0. The third kappa shape index (κ3) is 4.96. The molecule has 0 radical (unpaired) electrons. The molecule has 0 fully saturated rings. The number of aliphatic imine (C=N–C) groups is 1. The highest BCUT2D eigenvalue weighted by atomic mass is 19.1. The third-order valence-corrected chi connectivity index (χ3v) is 2.47. The molecule has 0 unspecified atom stereocenters. The van der Waals surface area contributed by atoms with Gasteiger partial charge in [0.1, 0.15) is 5.82 Å². The summed E-state index contributed by atoms with van der Waals surface area (Å²) in [5.74, 6) is 0.320. The number of halogens is 1. The second-order valence-electron chi connectivity index (χ2n) is 4.04. The molecule has 0 atom stereocenters. The predicted molar refractivity (Wildman–Crippen MR) is 74.2 cm³/mol. The molecular weight excluding hydrogens is 243 g/mol. The number of guanidine groups is 1. The molecule has 0 aromatic heterocycles. The van der Waals surface area contributed by atoms with Crippen LogP contribution < -0.4 is 10.6 Å². The predicted octanol–water partition coefficient (Wildman–Crippen LogP) is 2.16. The SMILES string of the molecule is CCCNC(=NCc1cc(C#N)ccc1F)NCC. The molecule has 1 aromatic rings. The fraction of sp³-hybridized carbons (Fsp3) is 0.429. The number of hydrogen-bond donors (Lipinski definition) is 2. The fourth-order valence-corrected chi connectivity index (χ4v) is 1.51. The molecule has 1 rings (SSSR count). The maximum absolute atomic E-state index is 13.6. The van der Waals surface area contributed by atoms with Gasteiger partial charge < -0.3 is 10.6 Å². The van der Waals surface area contributed by atoms with Gasteiger partial charge in [-0.25, -0.2) is 9.38 Å². The number of nitrogens with zero attached hydrogens (tertiary/aromatic N) is 2. The highest BCUT2D eigenvalue weighted by molar-refractivity contribution is 5.79. The summed E-state index contributed by atoms with van der Waals surface area (Å²) in [6, 6.07) is 6.29. The van der Waals surface area contributed by atoms with Crippen molar-refractivity contribution in [2.75, 3.05) is 13.1 Å². The molecular formula is C14H19FN4. The first kappa shape index (κ1) is 15.0. The van der Waals surface area contributed by atoms with Gasteiger partial charge in [0.2, 0.25) is 0 Å². The van der Waals surface area contributed by atoms with E-state index in [0.29, 0.717) is 17.1 Å². The molecule has 1 aromatic carbocycles. The standard InChI is InChI=1S/C14H19FN4/c1-3-7-18-14(17-4-2)19-10-12-8-11(9-16)5-6-13(12)15/h5-6,8H,3-4,7,10H2,1-2H3,(H2,17,18,19). The Balaban J connectivity index is 2.78. The van der Waals surface area contributed by atoms with Gasteiger partial charge in [0.15, 0.2) is 5.96 Å². The van der Waals surface area contributed by atoms with Gasteiger partial charge in [-0.1, -0.05) is 6.92 Å². The molecule has 4 nitrogen and oxygen atoms in total. The van der Waals surface area contributed by atoms with Crippen LogP contribution in [0.2, 0.25) is 0 Å². The number of benzene rings is 1. The van der Waals surface area contributed by atoms with E-state index in [2.05, 4.69) is 22.5 Å². The van der Waals surface area contributed by atoms with Crippen LogP contribution in [0.15, 0.2) is 23.2 Å². The molecule has 0 aliphatic rings. The van der Waals surface area contributed by atoms with Crippen molar-refractivity contribution in [3.63, 3.8) is 0 Å². The minimum absolute atomic E-state index is 0.209. The molecule has 0 heterocycles. The lowest BCUT2D eigenvalue weighted by Gasteiger charge is -2.10. The van der Waals surface area contributed by atoms with Gasteiger partial charge in [0, 0.05) is 18.7 Å². The highest BCUT2D eigenvalue weighted by Crippen LogP contribution is 2.11. The van der Waals surface area contributed by atoms with Crippen LogP contribution in [-0.4, -0.2) is 19.0 Å². The first-order valence-electron chi connectivity index (χ1n) is 6.42. The van der Waals surface area contributed by atoms with E-state index in [4.69, 9.17) is 5.26 Å². The van der Waals surface area contributed by atoms with E-state index in [0.717, 1.165) is 19.5 Å². The summed E-state index contributed by atoms with van der Waals surface area (Å²) in [6.07, 6.45) is 0.989. The smallest absolute Gasteiger partial charge is 0.191 e. The molecule has 2 N–H and O–H groups in total. The van der Waals surface area contributed by atoms with Crippen LogP contribution in [0.3, 0.4) is 0 Å². The van der Waals surface area contributed by atoms with E-state index in [1.54, 1.807) is 0 Å². The molecule has 19 heavy (non-hydrogen) atoms. The quantitative estimate of drug-likeness (QED) is 0.631. The van der Waals surface area contributed by atoms with E-state index < -0.39 is 0 Å². The van der Waals surface area contributed by atoms with Gasteiger partial charge in [0.05, 0.1) is 18.2 Å². The first-order valence-corrected chi connectivity index (χ1v) is 6.42. The molecule has 0 saturated carbocycles. The fourth-order valence-electron chi connectivity index (χ4n) is 1.51. The van der Waals surface area contributed by atoms with Crippen LogP contribution in [0.5, 0.6) is 0 Å². The Morgan fingerprint density at radius 2 is 2.16 bits per heavy atom. The zero-order valence-corrected chi connectivity index (χ0v) is 11.3. The molecule has 0 aliphatic carbocycles. The topological polar surface area (TPSA) is 60.2 Å². The highest BCUT2D eigenvalue weighted by Gasteiger charge is 2.04. The molecule has 0 saturated heterocycles. The van der Waals surface area contributed by atoms with Crippen LogP contribution in [0.1, 0.15) is 31.4 Å². The van der Waals surface area contributed by atoms with Crippen molar-refractivity contribution < 1.29 is 4.39 Å². The molecule has 5 heteroatoms. The van der Waals surface area contributed by atoms with Crippen molar-refractivity contribution in [3.8, 4) is 6.07 Å². The van der Waals surface area contributed by atoms with Crippen LogP contribution >= 0.6 is 0 Å². The van der Waals surface area contributed by atoms with Crippen LogP contribution in [0.25, 0.3) is 0 Å². The van der Waals surface area contributed by atoms with Gasteiger partial charge in [-0.2, -0.15) is 5.26 Å². The number of nitriles is 1. The van der Waals surface area contributed by atoms with E-state index in [1.165, 1.54) is 18.2 Å². The molecule has 0 aliphatic heterocycles. The van der Waals surface area contributed by atoms with Crippen LogP contribution in [-0.2, 0) is 6.54 Å². The van der Waals surface area contributed by atoms with Crippen LogP contribution in [0, 0.1) is 17.1 Å². The number of rotatable bonds is 5. The average Bonchev–Trinajstić information content (AvgIpc) is 2.43. The minimum atomic E-state index is -0.339. The zero-order valence-electron chi connectivity index (χ0n) is 11.3. The zero-order chi connectivity index (χ0) is 14.1. The van der Waals surface area contributed by atoms with E-state index in [-0.39, 0.29) is 12.4 Å². The van der Waals surface area contributed by atoms with Gasteiger partial charge in [-0.3, -0.25) is 0 Å². The van der Waals surface area contributed by atoms with Gasteiger partial charge >= 0.3 is 0 Å². The lowest BCUT2D eigenvalue weighted by molar-refractivity contribution is 0.610. The van der Waals surface area contributed by atoms with Gasteiger partial charge in [-0.15, -0.1) is 0 Å². The number of hydrogen-bond acceptors (Lipinski definition) is 2. The first-order chi connectivity index (χ1) is 9.21. The lowest BCUT2D eigenvalue weighted by Crippen LogP contribution is -2.37. The summed E-state index contributed by atoms with van der Waals surface area (Å²) in [4.78, 5) is 4.30. The van der Waals surface area contributed by atoms with E-state index in [1.807, 2.05) is 13.0 Å². The normalized spacial score (nSPS) is 10.9. The Kier molecular flexibility index (Phi) is 6.37. The molecule has 0 spiro atoms. The van der Waals surface area contributed by atoms with E-state index in [9.17, 15) is 4.39 Å². The Morgan fingerprint density at radius 3 is 2.79 bits per heavy atom. The second-order valence-corrected chi connectivity index (χ2v) is 4.04. The monoisotopic (exact) mass is 262 g/mol. The minimum Gasteiger partial charge on any atom is -0.357 e. The summed E-state index contributed by atoms with van der Waals surface area (Å²) < 4.78 is 13.6. The molecule has 102 valence electrons. The summed E-state index contributed by atoms with van der Waals surface area (Å²) in [7, 11) is 0. The molecule has 0 amide bonds. The average molecular weight is 262 g/mol. The van der Waals surface area contributed by atoms with Crippen molar-refractivity contribution in [1.29, 1.82) is 5.26 Å². The van der Waals surface area contributed by atoms with E-state index >= 15 is 0 Å². The van der Waals surface area contributed by atoms with Crippen LogP contribution in [0.4, 0.5) is 4.39 Å². The van der Waals surface area contributed by atoms with Gasteiger partial charge in [-0.05, 0) is 31.5 Å². The van der Waals surface area contributed by atoms with Crippen molar-refractivity contribution in [1.82, 2.24) is 10.6 Å². The Labute approximate surface area is 113 Å². The molecule has 0 bridgehead atoms. The number of nitrogens with one attached hydrogen (secondary N) is 2. The lowest BCUT2D eigenvalue weighted by atomic mass is 10.1. The summed E-state index contributed by atoms with van der Waals surface area (Å²) in [6.45, 7) is 5.80.